The molecule has 0 bridgehead atoms. The smallest absolute Gasteiger partial charge is 0.222 e. The molecule has 0 atom stereocenters. The summed E-state index contributed by atoms with van der Waals surface area (Å²) in [5.41, 5.74) is 0.503. The van der Waals surface area contributed by atoms with Gasteiger partial charge in [-0.3, -0.25) is 4.79 Å². The molecule has 74 valence electrons. The molecule has 0 aromatic heterocycles. The lowest BCUT2D eigenvalue weighted by Gasteiger charge is -2.07. The van der Waals surface area contributed by atoms with Gasteiger partial charge in [0.2, 0.25) is 5.91 Å². The number of halogens is 1. The minimum absolute atomic E-state index is 0.156. The zero-order chi connectivity index (χ0) is 10.6. The van der Waals surface area contributed by atoms with E-state index in [9.17, 15) is 9.18 Å². The van der Waals surface area contributed by atoms with Crippen molar-refractivity contribution in [2.24, 2.45) is 0 Å². The fourth-order valence-corrected chi connectivity index (χ4v) is 1.15. The minimum atomic E-state index is -0.361. The van der Waals surface area contributed by atoms with Crippen molar-refractivity contribution in [3.05, 3.63) is 30.1 Å². The molecule has 0 radical (unpaired) electrons. The van der Waals surface area contributed by atoms with Gasteiger partial charge in [0.05, 0.1) is 0 Å². The van der Waals surface area contributed by atoms with E-state index in [2.05, 4.69) is 10.6 Å². The van der Waals surface area contributed by atoms with Crippen molar-refractivity contribution >= 4 is 28.9 Å². The Hall–Kier alpha value is -1.49. The Bertz CT molecular complexity index is 368. The summed E-state index contributed by atoms with van der Waals surface area (Å²) in [5.74, 6) is -0.625. The maximum Gasteiger partial charge on any atom is 0.222 e. The van der Waals surface area contributed by atoms with E-state index >= 15 is 0 Å². The number of hydrogen-bond donors (Lipinski definition) is 2. The third kappa shape index (κ3) is 3.49. The van der Waals surface area contributed by atoms with E-state index in [1.54, 1.807) is 12.1 Å². The summed E-state index contributed by atoms with van der Waals surface area (Å²) in [6, 6.07) is 5.81. The second kappa shape index (κ2) is 4.66. The van der Waals surface area contributed by atoms with E-state index < -0.39 is 0 Å². The van der Waals surface area contributed by atoms with Crippen molar-refractivity contribution in [2.45, 2.75) is 6.92 Å². The second-order valence-electron chi connectivity index (χ2n) is 2.65. The predicted molar refractivity (Wildman–Crippen MR) is 56.4 cm³/mol. The maximum absolute atomic E-state index is 12.7. The molecular formula is C9H9FN2OS. The van der Waals surface area contributed by atoms with Crippen LogP contribution in [0.4, 0.5) is 10.1 Å². The summed E-state index contributed by atoms with van der Waals surface area (Å²) in [4.78, 5) is 10.6. The van der Waals surface area contributed by atoms with Crippen LogP contribution in [0.25, 0.3) is 0 Å². The van der Waals surface area contributed by atoms with Crippen LogP contribution in [0.15, 0.2) is 24.3 Å². The van der Waals surface area contributed by atoms with E-state index in [0.29, 0.717) is 5.69 Å². The molecule has 0 saturated carbocycles. The zero-order valence-corrected chi connectivity index (χ0v) is 8.32. The molecule has 1 amide bonds. The number of hydrogen-bond acceptors (Lipinski definition) is 2. The van der Waals surface area contributed by atoms with Crippen LogP contribution >= 0.6 is 12.2 Å². The largest absolute Gasteiger partial charge is 0.332 e. The Kier molecular flexibility index (Phi) is 3.53. The SMILES string of the molecule is CC(=O)NC(=S)Nc1cccc(F)c1. The normalized spacial score (nSPS) is 9.29. The second-order valence-corrected chi connectivity index (χ2v) is 3.05. The average molecular weight is 212 g/mol. The summed E-state index contributed by atoms with van der Waals surface area (Å²) >= 11 is 4.79. The number of carbonyl (C=O) groups is 1. The predicted octanol–water partition coefficient (Wildman–Crippen LogP) is 1.66. The van der Waals surface area contributed by atoms with Crippen molar-refractivity contribution < 1.29 is 9.18 Å². The summed E-state index contributed by atoms with van der Waals surface area (Å²) in [7, 11) is 0. The van der Waals surface area contributed by atoms with Crippen LogP contribution in [0.2, 0.25) is 0 Å². The van der Waals surface area contributed by atoms with Crippen LogP contribution in [0, 0.1) is 5.82 Å². The molecule has 5 heteroatoms. The lowest BCUT2D eigenvalue weighted by Crippen LogP contribution is -2.32. The van der Waals surface area contributed by atoms with Crippen LogP contribution < -0.4 is 10.6 Å². The van der Waals surface area contributed by atoms with Crippen LogP contribution in [-0.2, 0) is 4.79 Å². The van der Waals surface area contributed by atoms with Gasteiger partial charge in [0.1, 0.15) is 5.82 Å². The number of carbonyl (C=O) groups excluding carboxylic acids is 1. The number of thiocarbonyl (C=S) groups is 1. The van der Waals surface area contributed by atoms with E-state index in [0.717, 1.165) is 0 Å². The van der Waals surface area contributed by atoms with Crippen molar-refractivity contribution in [3.8, 4) is 0 Å². The first kappa shape index (κ1) is 10.6. The molecule has 1 aromatic rings. The van der Waals surface area contributed by atoms with Gasteiger partial charge in [0.15, 0.2) is 5.11 Å². The molecule has 1 aromatic carbocycles. The molecule has 3 nitrogen and oxygen atoms in total. The van der Waals surface area contributed by atoms with Gasteiger partial charge < -0.3 is 10.6 Å². The molecule has 0 spiro atoms. The van der Waals surface area contributed by atoms with Gasteiger partial charge in [-0.05, 0) is 30.4 Å². The lowest BCUT2D eigenvalue weighted by molar-refractivity contribution is -0.117. The summed E-state index contributed by atoms with van der Waals surface area (Å²) in [5, 5.41) is 5.20. The molecule has 0 fully saturated rings. The highest BCUT2D eigenvalue weighted by Gasteiger charge is 1.99. The molecule has 0 heterocycles. The van der Waals surface area contributed by atoms with Gasteiger partial charge in [-0.1, -0.05) is 6.07 Å². The third-order valence-electron chi connectivity index (χ3n) is 1.37. The molecule has 0 aliphatic carbocycles. The van der Waals surface area contributed by atoms with Crippen LogP contribution in [0.5, 0.6) is 0 Å². The molecule has 0 aliphatic heterocycles. The van der Waals surface area contributed by atoms with E-state index in [1.807, 2.05) is 0 Å². The molecule has 0 saturated heterocycles. The Balaban J connectivity index is 2.60. The van der Waals surface area contributed by atoms with Gasteiger partial charge in [-0.25, -0.2) is 4.39 Å². The Morgan fingerprint density at radius 3 is 2.79 bits per heavy atom. The van der Waals surface area contributed by atoms with E-state index in [1.165, 1.54) is 19.1 Å². The fraction of sp³-hybridized carbons (Fsp3) is 0.111. The van der Waals surface area contributed by atoms with Crippen molar-refractivity contribution in [1.82, 2.24) is 5.32 Å². The van der Waals surface area contributed by atoms with Gasteiger partial charge in [0.25, 0.3) is 0 Å². The molecular weight excluding hydrogens is 203 g/mol. The number of amides is 1. The summed E-state index contributed by atoms with van der Waals surface area (Å²) in [6.45, 7) is 1.35. The molecule has 2 N–H and O–H groups in total. The average Bonchev–Trinajstić information content (AvgIpc) is 2.01. The number of rotatable bonds is 1. The number of nitrogens with one attached hydrogen (secondary N) is 2. The van der Waals surface area contributed by atoms with Crippen molar-refractivity contribution in [1.29, 1.82) is 0 Å². The van der Waals surface area contributed by atoms with Gasteiger partial charge in [0, 0.05) is 12.6 Å². The Morgan fingerprint density at radius 2 is 2.21 bits per heavy atom. The number of anilines is 1. The van der Waals surface area contributed by atoms with Crippen LogP contribution in [0.3, 0.4) is 0 Å². The van der Waals surface area contributed by atoms with Crippen LogP contribution in [-0.4, -0.2) is 11.0 Å². The van der Waals surface area contributed by atoms with Crippen LogP contribution in [0.1, 0.15) is 6.92 Å². The quantitative estimate of drug-likeness (QED) is 0.695. The molecule has 0 aliphatic rings. The zero-order valence-electron chi connectivity index (χ0n) is 7.50. The van der Waals surface area contributed by atoms with E-state index in [-0.39, 0.29) is 16.8 Å². The van der Waals surface area contributed by atoms with Gasteiger partial charge in [-0.2, -0.15) is 0 Å². The summed E-state index contributed by atoms with van der Waals surface area (Å²) in [6.07, 6.45) is 0. The molecule has 0 unspecified atom stereocenters. The van der Waals surface area contributed by atoms with Gasteiger partial charge >= 0.3 is 0 Å². The Labute approximate surface area is 86.3 Å². The van der Waals surface area contributed by atoms with Crippen molar-refractivity contribution in [3.63, 3.8) is 0 Å². The maximum atomic E-state index is 12.7. The topological polar surface area (TPSA) is 41.1 Å². The first-order chi connectivity index (χ1) is 6.58. The van der Waals surface area contributed by atoms with Crippen molar-refractivity contribution in [2.75, 3.05) is 5.32 Å². The van der Waals surface area contributed by atoms with E-state index in [4.69, 9.17) is 12.2 Å². The Morgan fingerprint density at radius 1 is 1.50 bits per heavy atom. The highest BCUT2D eigenvalue weighted by molar-refractivity contribution is 7.80. The molecule has 1 rings (SSSR count). The highest BCUT2D eigenvalue weighted by atomic mass is 32.1. The monoisotopic (exact) mass is 212 g/mol. The first-order valence-electron chi connectivity index (χ1n) is 3.92. The fourth-order valence-electron chi connectivity index (χ4n) is 0.888. The highest BCUT2D eigenvalue weighted by Crippen LogP contribution is 2.08. The lowest BCUT2D eigenvalue weighted by atomic mass is 10.3. The number of benzene rings is 1. The van der Waals surface area contributed by atoms with Gasteiger partial charge in [-0.15, -0.1) is 0 Å². The molecule has 14 heavy (non-hydrogen) atoms. The first-order valence-corrected chi connectivity index (χ1v) is 4.33. The standard InChI is InChI=1S/C9H9FN2OS/c1-6(13)11-9(14)12-8-4-2-3-7(10)5-8/h2-5H,1H3,(H2,11,12,13,14). The minimum Gasteiger partial charge on any atom is -0.332 e. The summed E-state index contributed by atoms with van der Waals surface area (Å²) < 4.78 is 12.7. The third-order valence-corrected chi connectivity index (χ3v) is 1.58.